The number of aliphatic hydroxyl groups is 1. The van der Waals surface area contributed by atoms with Gasteiger partial charge >= 0.3 is 0 Å². The van der Waals surface area contributed by atoms with Crippen LogP contribution in [0.2, 0.25) is 0 Å². The number of allylic oxidation sites excluding steroid dienone is 4. The lowest BCUT2D eigenvalue weighted by Gasteiger charge is -2.23. The molecule has 0 aromatic rings. The van der Waals surface area contributed by atoms with Crippen LogP contribution >= 0.6 is 0 Å². The van der Waals surface area contributed by atoms with Gasteiger partial charge in [-0.3, -0.25) is 0 Å². The second-order valence-corrected chi connectivity index (χ2v) is 3.45. The summed E-state index contributed by atoms with van der Waals surface area (Å²) in [4.78, 5) is 0. The highest BCUT2D eigenvalue weighted by molar-refractivity contribution is 5.47. The molecule has 0 atom stereocenters. The number of aliphatic hydroxyl groups excluding tert-OH is 1. The van der Waals surface area contributed by atoms with Crippen LogP contribution in [0.5, 0.6) is 0 Å². The molecule has 5 nitrogen and oxygen atoms in total. The topological polar surface area (TPSA) is 90.7 Å². The van der Waals surface area contributed by atoms with E-state index >= 15 is 0 Å². The van der Waals surface area contributed by atoms with Crippen molar-refractivity contribution >= 4 is 0 Å². The molecular weight excluding hydrogens is 208 g/mol. The van der Waals surface area contributed by atoms with Crippen LogP contribution in [0, 0.1) is 0 Å². The largest absolute Gasteiger partial charge is 0.487 e. The normalized spacial score (nSPS) is 19.2. The van der Waals surface area contributed by atoms with E-state index in [0.29, 0.717) is 23.6 Å². The zero-order valence-corrected chi connectivity index (χ0v) is 8.77. The molecule has 0 unspecified atom stereocenters. The molecule has 0 saturated heterocycles. The predicted octanol–water partition coefficient (Wildman–Crippen LogP) is 0.210. The highest BCUT2D eigenvalue weighted by atomic mass is 16.5. The van der Waals surface area contributed by atoms with Gasteiger partial charge in [0.15, 0.2) is 17.4 Å². The minimum Gasteiger partial charge on any atom is -0.487 e. The first-order valence-corrected chi connectivity index (χ1v) is 5.01. The minimum atomic E-state index is -0.0511. The van der Waals surface area contributed by atoms with Crippen molar-refractivity contribution in [2.45, 2.75) is 6.42 Å². The lowest BCUT2D eigenvalue weighted by atomic mass is 10.0. The smallest absolute Gasteiger partial charge is 0.193 e. The molecule has 5 heteroatoms. The second kappa shape index (κ2) is 4.32. The SMILES string of the molecule is NC1=CC(N)=C2CC=CC(OCCO)=C2O1. The van der Waals surface area contributed by atoms with Crippen molar-refractivity contribution in [2.24, 2.45) is 11.5 Å². The summed E-state index contributed by atoms with van der Waals surface area (Å²) >= 11 is 0. The average molecular weight is 222 g/mol. The van der Waals surface area contributed by atoms with Crippen molar-refractivity contribution in [1.82, 2.24) is 0 Å². The highest BCUT2D eigenvalue weighted by Crippen LogP contribution is 2.32. The summed E-state index contributed by atoms with van der Waals surface area (Å²) in [6.45, 7) is 0.161. The van der Waals surface area contributed by atoms with Gasteiger partial charge in [-0.1, -0.05) is 6.08 Å². The lowest BCUT2D eigenvalue weighted by molar-refractivity contribution is 0.138. The van der Waals surface area contributed by atoms with Crippen molar-refractivity contribution < 1.29 is 14.6 Å². The molecule has 86 valence electrons. The van der Waals surface area contributed by atoms with Crippen LogP contribution in [0.3, 0.4) is 0 Å². The van der Waals surface area contributed by atoms with E-state index in [0.717, 1.165) is 5.57 Å². The Morgan fingerprint density at radius 3 is 3.00 bits per heavy atom. The van der Waals surface area contributed by atoms with E-state index in [1.165, 1.54) is 0 Å². The van der Waals surface area contributed by atoms with E-state index < -0.39 is 0 Å². The summed E-state index contributed by atoms with van der Waals surface area (Å²) < 4.78 is 10.7. The first kappa shape index (κ1) is 10.6. The summed E-state index contributed by atoms with van der Waals surface area (Å²) in [5, 5.41) is 8.71. The van der Waals surface area contributed by atoms with Crippen molar-refractivity contribution in [2.75, 3.05) is 13.2 Å². The van der Waals surface area contributed by atoms with Crippen LogP contribution in [0.1, 0.15) is 6.42 Å². The maximum atomic E-state index is 8.71. The molecule has 2 aliphatic rings. The van der Waals surface area contributed by atoms with Crippen LogP contribution in [-0.4, -0.2) is 18.3 Å². The van der Waals surface area contributed by atoms with Gasteiger partial charge in [-0.05, 0) is 12.5 Å². The minimum absolute atomic E-state index is 0.0511. The summed E-state index contributed by atoms with van der Waals surface area (Å²) in [6.07, 6.45) is 6.00. The molecular formula is C11H14N2O3. The van der Waals surface area contributed by atoms with Gasteiger partial charge in [-0.25, -0.2) is 0 Å². The van der Waals surface area contributed by atoms with Gasteiger partial charge in [0.05, 0.1) is 6.61 Å². The molecule has 1 aliphatic heterocycles. The molecule has 5 N–H and O–H groups in total. The fraction of sp³-hybridized carbons (Fsp3) is 0.273. The molecule has 0 bridgehead atoms. The summed E-state index contributed by atoms with van der Waals surface area (Å²) in [5.41, 5.74) is 12.9. The van der Waals surface area contributed by atoms with Gasteiger partial charge < -0.3 is 26.0 Å². The van der Waals surface area contributed by atoms with E-state index in [-0.39, 0.29) is 19.1 Å². The number of rotatable bonds is 3. The third-order valence-electron chi connectivity index (χ3n) is 2.30. The predicted molar refractivity (Wildman–Crippen MR) is 58.4 cm³/mol. The van der Waals surface area contributed by atoms with Gasteiger partial charge in [0.25, 0.3) is 0 Å². The molecule has 2 rings (SSSR count). The Labute approximate surface area is 93.3 Å². The van der Waals surface area contributed by atoms with E-state index in [4.69, 9.17) is 26.0 Å². The molecule has 16 heavy (non-hydrogen) atoms. The zero-order valence-electron chi connectivity index (χ0n) is 8.77. The zero-order chi connectivity index (χ0) is 11.5. The quantitative estimate of drug-likeness (QED) is 0.635. The fourth-order valence-corrected chi connectivity index (χ4v) is 1.62. The number of fused-ring (bicyclic) bond motifs is 1. The average Bonchev–Trinajstić information content (AvgIpc) is 2.26. The van der Waals surface area contributed by atoms with Crippen molar-refractivity contribution in [1.29, 1.82) is 0 Å². The Balaban J connectivity index is 2.33. The molecule has 0 fully saturated rings. The van der Waals surface area contributed by atoms with Crippen LogP contribution < -0.4 is 11.5 Å². The molecule has 1 aliphatic carbocycles. The Hall–Kier alpha value is -1.88. The van der Waals surface area contributed by atoms with Crippen LogP contribution in [0.15, 0.2) is 46.9 Å². The van der Waals surface area contributed by atoms with Crippen LogP contribution in [0.4, 0.5) is 0 Å². The van der Waals surface area contributed by atoms with Crippen molar-refractivity contribution in [3.05, 3.63) is 46.9 Å². The Bertz CT molecular complexity index is 419. The van der Waals surface area contributed by atoms with E-state index in [1.54, 1.807) is 12.2 Å². The molecule has 1 heterocycles. The Morgan fingerprint density at radius 2 is 2.25 bits per heavy atom. The maximum Gasteiger partial charge on any atom is 0.193 e. The third-order valence-corrected chi connectivity index (χ3v) is 2.30. The molecule has 0 radical (unpaired) electrons. The maximum absolute atomic E-state index is 8.71. The van der Waals surface area contributed by atoms with E-state index in [1.807, 2.05) is 6.08 Å². The van der Waals surface area contributed by atoms with E-state index in [9.17, 15) is 0 Å². The first-order chi connectivity index (χ1) is 7.72. The summed E-state index contributed by atoms with van der Waals surface area (Å²) in [5.74, 6) is 1.35. The molecule has 0 aromatic carbocycles. The van der Waals surface area contributed by atoms with Gasteiger partial charge in [0, 0.05) is 17.3 Å². The number of hydrogen-bond acceptors (Lipinski definition) is 5. The van der Waals surface area contributed by atoms with Gasteiger partial charge in [0.1, 0.15) is 6.61 Å². The second-order valence-electron chi connectivity index (χ2n) is 3.45. The van der Waals surface area contributed by atoms with Crippen molar-refractivity contribution in [3.63, 3.8) is 0 Å². The molecule has 0 amide bonds. The Kier molecular flexibility index (Phi) is 2.87. The molecule has 0 aromatic heterocycles. The van der Waals surface area contributed by atoms with Gasteiger partial charge in [0.2, 0.25) is 0 Å². The molecule has 0 spiro atoms. The fourth-order valence-electron chi connectivity index (χ4n) is 1.62. The summed E-state index contributed by atoms with van der Waals surface area (Å²) in [7, 11) is 0. The van der Waals surface area contributed by atoms with Gasteiger partial charge in [-0.2, -0.15) is 0 Å². The van der Waals surface area contributed by atoms with Crippen LogP contribution in [0.25, 0.3) is 0 Å². The standard InChI is InChI=1S/C11H14N2O3/c12-8-6-10(13)16-11-7(8)2-1-3-9(11)15-5-4-14/h1,3,6,14H,2,4-5,12-13H2. The number of hydrogen-bond donors (Lipinski definition) is 3. The number of ether oxygens (including phenoxy) is 2. The summed E-state index contributed by atoms with van der Waals surface area (Å²) in [6, 6.07) is 0. The molecule has 0 saturated carbocycles. The lowest BCUT2D eigenvalue weighted by Crippen LogP contribution is -2.18. The van der Waals surface area contributed by atoms with Crippen LogP contribution in [-0.2, 0) is 9.47 Å². The monoisotopic (exact) mass is 222 g/mol. The number of nitrogens with two attached hydrogens (primary N) is 2. The highest BCUT2D eigenvalue weighted by Gasteiger charge is 2.23. The first-order valence-electron chi connectivity index (χ1n) is 5.01. The Morgan fingerprint density at radius 1 is 1.44 bits per heavy atom. The van der Waals surface area contributed by atoms with Gasteiger partial charge in [-0.15, -0.1) is 0 Å². The third kappa shape index (κ3) is 1.90. The van der Waals surface area contributed by atoms with E-state index in [2.05, 4.69) is 0 Å². The van der Waals surface area contributed by atoms with Crippen molar-refractivity contribution in [3.8, 4) is 0 Å².